The molecule has 23 heteroatoms. The summed E-state index contributed by atoms with van der Waals surface area (Å²) in [6.07, 6.45) is 0. The maximum atomic E-state index is 14.3. The smallest absolute Gasteiger partial charge is 0.393 e. The predicted molar refractivity (Wildman–Crippen MR) is 109 cm³/mol. The fourth-order valence-electron chi connectivity index (χ4n) is 2.87. The third kappa shape index (κ3) is 5.25. The number of anilines is 1. The highest BCUT2D eigenvalue weighted by Gasteiger charge is 2.95. The Labute approximate surface area is 231 Å². The molecule has 0 atom stereocenters. The normalized spacial score (nSPS) is 14.6. The molecule has 0 aromatic carbocycles. The molecule has 1 aromatic heterocycles. The number of carbonyl (C=O) groups excluding carboxylic acids is 3. The quantitative estimate of drug-likeness (QED) is 0.106. The van der Waals surface area contributed by atoms with Gasteiger partial charge in [0, 0.05) is 0 Å². The van der Waals surface area contributed by atoms with Crippen LogP contribution in [0.15, 0.2) is 0 Å². The van der Waals surface area contributed by atoms with Crippen molar-refractivity contribution in [1.29, 1.82) is 0 Å². The zero-order valence-corrected chi connectivity index (χ0v) is 21.7. The minimum absolute atomic E-state index is 0.153. The number of nitrogens with one attached hydrogen (secondary N) is 1. The zero-order chi connectivity index (χ0) is 33.9. The van der Waals surface area contributed by atoms with Crippen molar-refractivity contribution in [2.75, 3.05) is 11.9 Å². The van der Waals surface area contributed by atoms with Gasteiger partial charge in [0.2, 0.25) is 0 Å². The number of thiophene rings is 1. The highest BCUT2D eigenvalue weighted by molar-refractivity contribution is 7.18. The van der Waals surface area contributed by atoms with Crippen molar-refractivity contribution in [3.05, 3.63) is 16.0 Å². The van der Waals surface area contributed by atoms with Gasteiger partial charge in [-0.3, -0.25) is 9.59 Å². The van der Waals surface area contributed by atoms with E-state index < -0.39 is 92.1 Å². The van der Waals surface area contributed by atoms with Gasteiger partial charge in [-0.05, 0) is 37.9 Å². The Kier molecular flexibility index (Phi) is 9.72. The summed E-state index contributed by atoms with van der Waals surface area (Å²) in [5, 5.41) is -7.57. The summed E-state index contributed by atoms with van der Waals surface area (Å²) in [5.41, 5.74) is -1.51. The summed E-state index contributed by atoms with van der Waals surface area (Å²) in [7, 11) is 0. The first kappa shape index (κ1) is 37.5. The first-order chi connectivity index (χ1) is 18.3. The van der Waals surface area contributed by atoms with Crippen molar-refractivity contribution >= 4 is 45.6 Å². The molecule has 1 N–H and O–H groups in total. The van der Waals surface area contributed by atoms with Crippen LogP contribution < -0.4 is 5.32 Å². The van der Waals surface area contributed by atoms with E-state index in [1.807, 2.05) is 0 Å². The predicted octanol–water partition coefficient (Wildman–Crippen LogP) is 7.65. The molecule has 0 bridgehead atoms. The average molecular weight is 690 g/mol. The lowest BCUT2D eigenvalue weighted by molar-refractivity contribution is -0.445. The second-order valence-corrected chi connectivity index (χ2v) is 9.50. The van der Waals surface area contributed by atoms with Crippen molar-refractivity contribution in [2.24, 2.45) is 0 Å². The van der Waals surface area contributed by atoms with Gasteiger partial charge in [-0.1, -0.05) is 0 Å². The number of Topliss-reactive ketones (excluding diaryl/α,β-unsaturated/α-hetero) is 1. The third-order valence-corrected chi connectivity index (χ3v) is 6.73. The van der Waals surface area contributed by atoms with Gasteiger partial charge < -0.3 is 10.1 Å². The van der Waals surface area contributed by atoms with Crippen molar-refractivity contribution in [3.63, 3.8) is 0 Å². The van der Waals surface area contributed by atoms with Crippen LogP contribution in [-0.4, -0.2) is 71.1 Å². The Hall–Kier alpha value is -2.52. The highest BCUT2D eigenvalue weighted by Crippen LogP contribution is 2.64. The number of amides is 1. The van der Waals surface area contributed by atoms with Crippen LogP contribution in [0.1, 0.15) is 39.4 Å². The van der Waals surface area contributed by atoms with E-state index in [4.69, 9.17) is 0 Å². The largest absolute Gasteiger partial charge is 0.462 e. The summed E-state index contributed by atoms with van der Waals surface area (Å²) >= 11 is 3.29. The second kappa shape index (κ2) is 10.9. The molecule has 1 heterocycles. The van der Waals surface area contributed by atoms with Crippen LogP contribution in [-0.2, 0) is 9.53 Å². The molecule has 0 unspecified atom stereocenters. The molecule has 0 saturated heterocycles. The van der Waals surface area contributed by atoms with E-state index in [1.165, 1.54) is 0 Å². The number of halogens is 17. The molecule has 0 aliphatic carbocycles. The van der Waals surface area contributed by atoms with Gasteiger partial charge in [0.05, 0.1) is 17.0 Å². The summed E-state index contributed by atoms with van der Waals surface area (Å²) in [6.45, 7) is 2.35. The number of ketones is 1. The van der Waals surface area contributed by atoms with Gasteiger partial charge in [0.25, 0.3) is 0 Å². The van der Waals surface area contributed by atoms with E-state index in [9.17, 15) is 84.6 Å². The molecule has 1 rings (SSSR count). The first-order valence-corrected chi connectivity index (χ1v) is 11.4. The summed E-state index contributed by atoms with van der Waals surface area (Å²) in [5.74, 6) is -64.3. The van der Waals surface area contributed by atoms with Crippen LogP contribution >= 0.6 is 22.9 Å². The topological polar surface area (TPSA) is 72.5 Å². The van der Waals surface area contributed by atoms with Gasteiger partial charge >= 0.3 is 58.7 Å². The van der Waals surface area contributed by atoms with E-state index in [1.54, 1.807) is 0 Å². The number of alkyl halides is 17. The molecule has 0 fully saturated rings. The molecule has 0 aliphatic rings. The Morgan fingerprint density at radius 2 is 1.12 bits per heavy atom. The van der Waals surface area contributed by atoms with E-state index in [0.29, 0.717) is 5.32 Å². The van der Waals surface area contributed by atoms with E-state index in [-0.39, 0.29) is 11.3 Å². The first-order valence-electron chi connectivity index (χ1n) is 10.2. The van der Waals surface area contributed by atoms with Crippen LogP contribution in [0.25, 0.3) is 0 Å². The van der Waals surface area contributed by atoms with Crippen LogP contribution in [0.5, 0.6) is 0 Å². The fraction of sp³-hybridized carbons (Fsp3) is 0.632. The Morgan fingerprint density at radius 1 is 0.738 bits per heavy atom. The minimum atomic E-state index is -8.75. The van der Waals surface area contributed by atoms with Gasteiger partial charge in [0.15, 0.2) is 5.78 Å². The maximum Gasteiger partial charge on any atom is 0.393 e. The summed E-state index contributed by atoms with van der Waals surface area (Å²) in [6, 6.07) is 0. The number of esters is 1. The van der Waals surface area contributed by atoms with Crippen LogP contribution in [0.3, 0.4) is 0 Å². The lowest BCUT2D eigenvalue weighted by Gasteiger charge is -2.42. The molecule has 1 aromatic rings. The molecule has 0 aliphatic heterocycles. The third-order valence-electron chi connectivity index (χ3n) is 5.18. The SMILES string of the molecule is CCOC(=O)c1c(NC(=O)C(F)(F)C(F)(F)C(F)(F)C(F)(F)C(F)(F)C(F)(F)C(F)(F)C(F)(F)Cl)sc(C(C)=O)c1C. The number of hydrogen-bond acceptors (Lipinski definition) is 5. The maximum absolute atomic E-state index is 14.3. The van der Waals surface area contributed by atoms with Crippen molar-refractivity contribution in [3.8, 4) is 0 Å². The minimum Gasteiger partial charge on any atom is -0.462 e. The van der Waals surface area contributed by atoms with E-state index >= 15 is 0 Å². The van der Waals surface area contributed by atoms with Crippen LogP contribution in [0.4, 0.5) is 75.2 Å². The molecular weight excluding hydrogens is 678 g/mol. The second-order valence-electron chi connectivity index (χ2n) is 8.01. The Balaban J connectivity index is 3.72. The van der Waals surface area contributed by atoms with Gasteiger partial charge in [-0.15, -0.1) is 11.3 Å². The van der Waals surface area contributed by atoms with Gasteiger partial charge in [-0.25, -0.2) is 4.79 Å². The molecule has 242 valence electrons. The molecule has 1 amide bonds. The summed E-state index contributed by atoms with van der Waals surface area (Å²) < 4.78 is 223. The van der Waals surface area contributed by atoms with Crippen molar-refractivity contribution in [2.45, 2.75) is 67.6 Å². The standard InChI is InChI=1S/C19H12ClF16NO4S/c1-4-41-10(39)7-5(2)8(6(3)38)42-9(7)37-11(40)12(21,22)13(23,24)14(25,26)15(27,28)16(29,30)17(31,32)18(33,34)19(20,35)36/h4H2,1-3H3,(H,37,40). The fourth-order valence-corrected chi connectivity index (χ4v) is 4.08. The molecule has 0 saturated carbocycles. The Bertz CT molecular complexity index is 1240. The van der Waals surface area contributed by atoms with Gasteiger partial charge in [0.1, 0.15) is 5.00 Å². The van der Waals surface area contributed by atoms with Crippen LogP contribution in [0.2, 0.25) is 0 Å². The van der Waals surface area contributed by atoms with E-state index in [2.05, 4.69) is 16.3 Å². The lowest BCUT2D eigenvalue weighted by Crippen LogP contribution is -2.75. The number of hydrogen-bond donors (Lipinski definition) is 1. The highest BCUT2D eigenvalue weighted by atomic mass is 35.5. The van der Waals surface area contributed by atoms with Crippen LogP contribution in [0, 0.1) is 6.92 Å². The van der Waals surface area contributed by atoms with Gasteiger partial charge in [-0.2, -0.15) is 70.2 Å². The van der Waals surface area contributed by atoms with Crippen molar-refractivity contribution < 1.29 is 89.4 Å². The number of ether oxygens (including phenoxy) is 1. The van der Waals surface area contributed by atoms with Crippen molar-refractivity contribution in [1.82, 2.24) is 0 Å². The molecular formula is C19H12ClF16NO4S. The monoisotopic (exact) mass is 689 g/mol. The summed E-state index contributed by atoms with van der Waals surface area (Å²) in [4.78, 5) is 35.1. The molecule has 42 heavy (non-hydrogen) atoms. The molecule has 5 nitrogen and oxygen atoms in total. The molecule has 0 radical (unpaired) electrons. The van der Waals surface area contributed by atoms with E-state index in [0.717, 1.165) is 20.8 Å². The Morgan fingerprint density at radius 3 is 1.48 bits per heavy atom. The molecule has 0 spiro atoms. The average Bonchev–Trinajstić information content (AvgIpc) is 3.13. The number of rotatable bonds is 12. The lowest BCUT2D eigenvalue weighted by atomic mass is 9.89. The number of carbonyl (C=O) groups is 3. The zero-order valence-electron chi connectivity index (χ0n) is 20.2.